The molecule has 2 rings (SSSR count). The molecule has 0 aliphatic carbocycles. The van der Waals surface area contributed by atoms with E-state index < -0.39 is 0 Å². The van der Waals surface area contributed by atoms with Crippen molar-refractivity contribution in [2.24, 2.45) is 0 Å². The van der Waals surface area contributed by atoms with E-state index in [1.165, 1.54) is 4.90 Å². The number of hydrogen-bond acceptors (Lipinski definition) is 3. The molecular weight excluding hydrogens is 397 g/mol. The quantitative estimate of drug-likeness (QED) is 0.661. The van der Waals surface area contributed by atoms with Gasteiger partial charge in [-0.25, -0.2) is 0 Å². The number of carbonyl (C=O) groups excluding carboxylic acids is 2. The molecule has 150 valence electrons. The highest BCUT2D eigenvalue weighted by molar-refractivity contribution is 6.31. The Morgan fingerprint density at radius 2 is 1.86 bits per heavy atom. The van der Waals surface area contributed by atoms with E-state index in [1.54, 1.807) is 12.1 Å². The summed E-state index contributed by atoms with van der Waals surface area (Å²) in [6, 6.07) is 12.7. The Kier molecular flexibility index (Phi) is 8.30. The minimum absolute atomic E-state index is 0.0244. The van der Waals surface area contributed by atoms with Crippen LogP contribution >= 0.6 is 23.2 Å². The number of carbonyl (C=O) groups is 2. The van der Waals surface area contributed by atoms with Crippen LogP contribution in [0.5, 0.6) is 0 Å². The summed E-state index contributed by atoms with van der Waals surface area (Å²) < 4.78 is 0. The summed E-state index contributed by atoms with van der Waals surface area (Å²) >= 11 is 12.2. The minimum Gasteiger partial charge on any atom is -0.333 e. The Hall–Kier alpha value is -2.08. The molecule has 0 aliphatic rings. The minimum atomic E-state index is -0.264. The number of benzene rings is 2. The van der Waals surface area contributed by atoms with Crippen molar-refractivity contribution in [2.75, 3.05) is 25.0 Å². The van der Waals surface area contributed by atoms with Crippen LogP contribution in [0.25, 0.3) is 0 Å². The highest BCUT2D eigenvalue weighted by atomic mass is 35.5. The van der Waals surface area contributed by atoms with Crippen molar-refractivity contribution >= 4 is 40.7 Å². The highest BCUT2D eigenvalue weighted by Gasteiger charge is 2.18. The molecule has 1 atom stereocenters. The second kappa shape index (κ2) is 10.5. The smallest absolute Gasteiger partial charge is 0.244 e. The number of likely N-dealkylation sites (N-methyl/N-ethyl adjacent to an activating group) is 1. The van der Waals surface area contributed by atoms with Crippen LogP contribution in [0.4, 0.5) is 5.69 Å². The van der Waals surface area contributed by atoms with Crippen molar-refractivity contribution in [1.29, 1.82) is 0 Å². The molecule has 2 aromatic carbocycles. The number of halogens is 2. The van der Waals surface area contributed by atoms with Gasteiger partial charge in [0.05, 0.1) is 13.1 Å². The molecule has 0 aromatic heterocycles. The van der Waals surface area contributed by atoms with Crippen LogP contribution in [0, 0.1) is 6.92 Å². The predicted octanol–water partition coefficient (Wildman–Crippen LogP) is 4.44. The van der Waals surface area contributed by atoms with Gasteiger partial charge in [-0.15, -0.1) is 0 Å². The van der Waals surface area contributed by atoms with Crippen molar-refractivity contribution in [2.45, 2.75) is 26.8 Å². The summed E-state index contributed by atoms with van der Waals surface area (Å²) in [5.41, 5.74) is 2.48. The van der Waals surface area contributed by atoms with E-state index in [9.17, 15) is 9.59 Å². The molecule has 2 aromatic rings. The van der Waals surface area contributed by atoms with Gasteiger partial charge in [0, 0.05) is 28.3 Å². The first kappa shape index (κ1) is 22.2. The fraction of sp³-hybridized carbons (Fsp3) is 0.333. The molecule has 0 fully saturated rings. The summed E-state index contributed by atoms with van der Waals surface area (Å²) in [6.45, 7) is 6.19. The van der Waals surface area contributed by atoms with Crippen molar-refractivity contribution in [3.8, 4) is 0 Å². The molecule has 0 aliphatic heterocycles. The molecule has 0 saturated heterocycles. The third-order valence-electron chi connectivity index (χ3n) is 4.47. The van der Waals surface area contributed by atoms with Crippen molar-refractivity contribution in [3.05, 3.63) is 63.6 Å². The first-order valence-electron chi connectivity index (χ1n) is 9.13. The van der Waals surface area contributed by atoms with Crippen LogP contribution in [0.2, 0.25) is 10.0 Å². The molecule has 5 nitrogen and oxygen atoms in total. The Morgan fingerprint density at radius 1 is 1.14 bits per heavy atom. The largest absolute Gasteiger partial charge is 0.333 e. The van der Waals surface area contributed by atoms with E-state index in [-0.39, 0.29) is 30.9 Å². The van der Waals surface area contributed by atoms with Crippen LogP contribution in [0.1, 0.15) is 31.0 Å². The maximum Gasteiger partial charge on any atom is 0.244 e. The first-order chi connectivity index (χ1) is 13.3. The number of nitrogens with one attached hydrogen (secondary N) is 2. The van der Waals surface area contributed by atoms with Gasteiger partial charge in [0.2, 0.25) is 11.8 Å². The van der Waals surface area contributed by atoms with Crippen molar-refractivity contribution < 1.29 is 9.59 Å². The standard InChI is InChI=1S/C21H25Cl2N3O2/c1-4-26(13-20(27)25-19-11-16(22)10-9-14(19)2)21(28)12-24-15(3)17-7-5-6-8-18(17)23/h5-11,15,24H,4,12-13H2,1-3H3,(H,25,27)/t15-/m0/s1. The zero-order chi connectivity index (χ0) is 20.7. The van der Waals surface area contributed by atoms with E-state index in [0.29, 0.717) is 22.3 Å². The van der Waals surface area contributed by atoms with Gasteiger partial charge in [0.15, 0.2) is 0 Å². The Labute approximate surface area is 176 Å². The Bertz CT molecular complexity index is 842. The van der Waals surface area contributed by atoms with Gasteiger partial charge >= 0.3 is 0 Å². The van der Waals surface area contributed by atoms with Crippen LogP contribution in [-0.4, -0.2) is 36.3 Å². The van der Waals surface area contributed by atoms with Crippen LogP contribution in [0.15, 0.2) is 42.5 Å². The lowest BCUT2D eigenvalue weighted by atomic mass is 10.1. The molecule has 0 spiro atoms. The predicted molar refractivity (Wildman–Crippen MR) is 115 cm³/mol. The average molecular weight is 422 g/mol. The topological polar surface area (TPSA) is 61.4 Å². The molecule has 28 heavy (non-hydrogen) atoms. The maximum absolute atomic E-state index is 12.5. The van der Waals surface area contributed by atoms with Gasteiger partial charge in [0.25, 0.3) is 0 Å². The van der Waals surface area contributed by atoms with Gasteiger partial charge in [0.1, 0.15) is 0 Å². The van der Waals surface area contributed by atoms with Gasteiger partial charge < -0.3 is 15.5 Å². The molecule has 2 N–H and O–H groups in total. The lowest BCUT2D eigenvalue weighted by molar-refractivity contribution is -0.133. The zero-order valence-corrected chi connectivity index (χ0v) is 17.8. The first-order valence-corrected chi connectivity index (χ1v) is 9.89. The van der Waals surface area contributed by atoms with Crippen LogP contribution < -0.4 is 10.6 Å². The van der Waals surface area contributed by atoms with E-state index in [1.807, 2.05) is 51.1 Å². The van der Waals surface area contributed by atoms with Crippen molar-refractivity contribution in [3.63, 3.8) is 0 Å². The van der Waals surface area contributed by atoms with Crippen LogP contribution in [-0.2, 0) is 9.59 Å². The summed E-state index contributed by atoms with van der Waals surface area (Å²) in [5.74, 6) is -0.418. The Balaban J connectivity index is 1.91. The normalized spacial score (nSPS) is 11.8. The second-order valence-electron chi connectivity index (χ2n) is 6.54. The number of anilines is 1. The molecule has 7 heteroatoms. The molecule has 2 amide bonds. The second-order valence-corrected chi connectivity index (χ2v) is 7.38. The van der Waals surface area contributed by atoms with Crippen LogP contribution in [0.3, 0.4) is 0 Å². The molecule has 0 heterocycles. The van der Waals surface area contributed by atoms with Crippen molar-refractivity contribution in [1.82, 2.24) is 10.2 Å². The van der Waals surface area contributed by atoms with E-state index in [2.05, 4.69) is 10.6 Å². The van der Waals surface area contributed by atoms with E-state index >= 15 is 0 Å². The number of amides is 2. The van der Waals surface area contributed by atoms with Gasteiger partial charge in [-0.2, -0.15) is 0 Å². The number of nitrogens with zero attached hydrogens (tertiary/aromatic N) is 1. The van der Waals surface area contributed by atoms with Gasteiger partial charge in [-0.3, -0.25) is 9.59 Å². The molecule has 0 saturated carbocycles. The summed E-state index contributed by atoms with van der Waals surface area (Å²) in [5, 5.41) is 7.18. The third kappa shape index (κ3) is 6.23. The summed E-state index contributed by atoms with van der Waals surface area (Å²) in [6.07, 6.45) is 0. The number of aryl methyl sites for hydroxylation is 1. The Morgan fingerprint density at radius 3 is 2.54 bits per heavy atom. The highest BCUT2D eigenvalue weighted by Crippen LogP contribution is 2.22. The number of rotatable bonds is 8. The average Bonchev–Trinajstić information content (AvgIpc) is 2.67. The lowest BCUT2D eigenvalue weighted by Crippen LogP contribution is -2.42. The maximum atomic E-state index is 12.5. The molecular formula is C21H25Cl2N3O2. The molecule has 0 radical (unpaired) electrons. The van der Waals surface area contributed by atoms with E-state index in [0.717, 1.165) is 11.1 Å². The monoisotopic (exact) mass is 421 g/mol. The van der Waals surface area contributed by atoms with E-state index in [4.69, 9.17) is 23.2 Å². The number of hydrogen-bond donors (Lipinski definition) is 2. The summed E-state index contributed by atoms with van der Waals surface area (Å²) in [4.78, 5) is 26.4. The fourth-order valence-corrected chi connectivity index (χ4v) is 3.23. The SMILES string of the molecule is CCN(CC(=O)Nc1cc(Cl)ccc1C)C(=O)CN[C@@H](C)c1ccccc1Cl. The summed E-state index contributed by atoms with van der Waals surface area (Å²) in [7, 11) is 0. The third-order valence-corrected chi connectivity index (χ3v) is 5.05. The molecule has 0 unspecified atom stereocenters. The fourth-order valence-electron chi connectivity index (χ4n) is 2.76. The van der Waals surface area contributed by atoms with Gasteiger partial charge in [-0.05, 0) is 50.1 Å². The lowest BCUT2D eigenvalue weighted by Gasteiger charge is -2.22. The van der Waals surface area contributed by atoms with Gasteiger partial charge in [-0.1, -0.05) is 47.5 Å². The zero-order valence-electron chi connectivity index (χ0n) is 16.3. The molecule has 0 bridgehead atoms.